The number of carbonyl (C=O) groups is 2. The summed E-state index contributed by atoms with van der Waals surface area (Å²) in [4.78, 5) is 26.3. The molecule has 0 unspecified atom stereocenters. The van der Waals surface area contributed by atoms with Gasteiger partial charge in [-0.25, -0.2) is 0 Å². The molecule has 34 heavy (non-hydrogen) atoms. The normalized spacial score (nSPS) is 30.5. The lowest BCUT2D eigenvalue weighted by molar-refractivity contribution is -0.313. The molecule has 10 heteroatoms. The van der Waals surface area contributed by atoms with E-state index in [9.17, 15) is 40.2 Å². The quantitative estimate of drug-likeness (QED) is 0.286. The van der Waals surface area contributed by atoms with E-state index in [0.717, 1.165) is 0 Å². The highest BCUT2D eigenvalue weighted by atomic mass is 16.7. The lowest BCUT2D eigenvalue weighted by Gasteiger charge is -2.41. The van der Waals surface area contributed by atoms with Gasteiger partial charge in [-0.05, 0) is 19.3 Å². The van der Waals surface area contributed by atoms with Crippen molar-refractivity contribution in [2.75, 3.05) is 6.61 Å². The number of rotatable bonds is 3. The molecule has 180 valence electrons. The van der Waals surface area contributed by atoms with Crippen LogP contribution < -0.4 is 0 Å². The predicted octanol–water partition coefficient (Wildman–Crippen LogP) is 0.0671. The van der Waals surface area contributed by atoms with Crippen molar-refractivity contribution in [1.82, 2.24) is 0 Å². The summed E-state index contributed by atoms with van der Waals surface area (Å²) in [5, 5.41) is 62.0. The maximum absolute atomic E-state index is 13.2. The number of hydrogen-bond acceptors (Lipinski definition) is 10. The molecule has 6 N–H and O–H groups in total. The van der Waals surface area contributed by atoms with E-state index in [1.54, 1.807) is 12.1 Å². The maximum Gasteiger partial charge on any atom is 0.198 e. The van der Waals surface area contributed by atoms with Gasteiger partial charge in [0, 0.05) is 22.3 Å². The fourth-order valence-corrected chi connectivity index (χ4v) is 5.07. The van der Waals surface area contributed by atoms with E-state index in [2.05, 4.69) is 0 Å². The Bertz CT molecular complexity index is 1170. The Morgan fingerprint density at radius 1 is 0.912 bits per heavy atom. The van der Waals surface area contributed by atoms with Gasteiger partial charge >= 0.3 is 0 Å². The Morgan fingerprint density at radius 3 is 2.15 bits per heavy atom. The molecular formula is C24H24O10. The molecule has 2 aromatic carbocycles. The van der Waals surface area contributed by atoms with Gasteiger partial charge < -0.3 is 40.1 Å². The standard InChI is InChI=1S/C24H24O10/c25-8-13-20(29)22(31)23(32)24(34-13)33-12-7-3-6-11-14(12)21(30)16-15(19(11)28)17(26)9-4-1-2-5-10(9)18(16)27/h1-2,4-5,12-13,20,22-25,28-32H,3,6-8H2/t12-,13-,20+,22+,23+,24-/m0/s1. The molecule has 1 saturated heterocycles. The first-order valence-corrected chi connectivity index (χ1v) is 11.0. The van der Waals surface area contributed by atoms with Gasteiger partial charge in [0.15, 0.2) is 17.9 Å². The highest BCUT2D eigenvalue weighted by Crippen LogP contribution is 2.49. The third-order valence-electron chi connectivity index (χ3n) is 6.82. The number of benzene rings is 2. The third kappa shape index (κ3) is 3.26. The van der Waals surface area contributed by atoms with Crippen LogP contribution in [0.5, 0.6) is 11.5 Å². The van der Waals surface area contributed by atoms with Crippen molar-refractivity contribution in [2.24, 2.45) is 0 Å². The van der Waals surface area contributed by atoms with Crippen molar-refractivity contribution in [1.29, 1.82) is 0 Å². The second kappa shape index (κ2) is 8.42. The molecule has 2 aliphatic carbocycles. The van der Waals surface area contributed by atoms with E-state index in [4.69, 9.17) is 9.47 Å². The second-order valence-corrected chi connectivity index (χ2v) is 8.76. The number of fused-ring (bicyclic) bond motifs is 3. The van der Waals surface area contributed by atoms with Gasteiger partial charge in [0.25, 0.3) is 0 Å². The molecule has 1 aliphatic heterocycles. The number of aromatic hydroxyl groups is 2. The first-order chi connectivity index (χ1) is 16.3. The van der Waals surface area contributed by atoms with Crippen LogP contribution in [0.15, 0.2) is 24.3 Å². The Labute approximate surface area is 193 Å². The smallest absolute Gasteiger partial charge is 0.198 e. The zero-order valence-electron chi connectivity index (χ0n) is 17.9. The molecule has 0 radical (unpaired) electrons. The van der Waals surface area contributed by atoms with Gasteiger partial charge in [0.1, 0.15) is 35.9 Å². The van der Waals surface area contributed by atoms with Crippen LogP contribution >= 0.6 is 0 Å². The summed E-state index contributed by atoms with van der Waals surface area (Å²) in [7, 11) is 0. The van der Waals surface area contributed by atoms with Crippen LogP contribution in [0.3, 0.4) is 0 Å². The molecule has 6 atom stereocenters. The number of aliphatic hydroxyl groups is 4. The molecule has 1 fully saturated rings. The number of phenols is 2. The lowest BCUT2D eigenvalue weighted by atomic mass is 9.77. The van der Waals surface area contributed by atoms with E-state index < -0.39 is 66.5 Å². The zero-order valence-corrected chi connectivity index (χ0v) is 17.9. The van der Waals surface area contributed by atoms with Crippen LogP contribution in [-0.2, 0) is 15.9 Å². The molecular weight excluding hydrogens is 448 g/mol. The van der Waals surface area contributed by atoms with Gasteiger partial charge in [0.05, 0.1) is 23.8 Å². The third-order valence-corrected chi connectivity index (χ3v) is 6.82. The van der Waals surface area contributed by atoms with E-state index in [0.29, 0.717) is 19.3 Å². The number of ketones is 2. The van der Waals surface area contributed by atoms with Crippen molar-refractivity contribution >= 4 is 11.6 Å². The summed E-state index contributed by atoms with van der Waals surface area (Å²) < 4.78 is 11.3. The van der Waals surface area contributed by atoms with Gasteiger partial charge in [0.2, 0.25) is 0 Å². The van der Waals surface area contributed by atoms with Crippen LogP contribution in [0, 0.1) is 0 Å². The number of ether oxygens (including phenoxy) is 2. The fraction of sp³-hybridized carbons (Fsp3) is 0.417. The largest absolute Gasteiger partial charge is 0.507 e. The summed E-state index contributed by atoms with van der Waals surface area (Å²) in [5.41, 5.74) is 0.0201. The SMILES string of the molecule is O=C1c2ccccc2C(=O)c2c(O)c3c(c(O)c21)CCC[C@@H]3O[C@H]1O[C@@H](CO)[C@@H](O)[C@@H](O)[C@H]1O. The highest BCUT2D eigenvalue weighted by molar-refractivity contribution is 6.30. The van der Waals surface area contributed by atoms with Crippen molar-refractivity contribution < 1.29 is 49.7 Å². The van der Waals surface area contributed by atoms with Gasteiger partial charge in [-0.2, -0.15) is 0 Å². The molecule has 5 rings (SSSR count). The average molecular weight is 472 g/mol. The Balaban J connectivity index is 1.58. The van der Waals surface area contributed by atoms with Crippen LogP contribution in [-0.4, -0.2) is 79.5 Å². The van der Waals surface area contributed by atoms with E-state index >= 15 is 0 Å². The number of aliphatic hydroxyl groups excluding tert-OH is 4. The van der Waals surface area contributed by atoms with Crippen molar-refractivity contribution in [3.63, 3.8) is 0 Å². The number of phenolic OH excluding ortho intramolecular Hbond substituents is 2. The van der Waals surface area contributed by atoms with Crippen LogP contribution in [0.4, 0.5) is 0 Å². The minimum Gasteiger partial charge on any atom is -0.507 e. The van der Waals surface area contributed by atoms with Crippen LogP contribution in [0.25, 0.3) is 0 Å². The summed E-state index contributed by atoms with van der Waals surface area (Å²) in [6.07, 6.45) is -7.40. The molecule has 3 aliphatic rings. The topological polar surface area (TPSA) is 174 Å². The first kappa shape index (κ1) is 22.9. The molecule has 0 saturated carbocycles. The number of hydrogen-bond donors (Lipinski definition) is 6. The Hall–Kier alpha value is -2.86. The van der Waals surface area contributed by atoms with Gasteiger partial charge in [-0.15, -0.1) is 0 Å². The molecule has 10 nitrogen and oxygen atoms in total. The Kier molecular flexibility index (Phi) is 5.67. The average Bonchev–Trinajstić information content (AvgIpc) is 2.85. The first-order valence-electron chi connectivity index (χ1n) is 11.0. The molecule has 0 aromatic heterocycles. The number of carbonyl (C=O) groups excluding carboxylic acids is 2. The predicted molar refractivity (Wildman–Crippen MR) is 114 cm³/mol. The summed E-state index contributed by atoms with van der Waals surface area (Å²) >= 11 is 0. The van der Waals surface area contributed by atoms with E-state index in [1.807, 2.05) is 0 Å². The zero-order chi connectivity index (χ0) is 24.3. The van der Waals surface area contributed by atoms with E-state index in [1.165, 1.54) is 12.1 Å². The van der Waals surface area contributed by atoms with Crippen molar-refractivity contribution in [2.45, 2.75) is 56.1 Å². The molecule has 1 heterocycles. The molecule has 0 spiro atoms. The Morgan fingerprint density at radius 2 is 1.53 bits per heavy atom. The minimum atomic E-state index is -1.66. The highest BCUT2D eigenvalue weighted by Gasteiger charge is 2.46. The van der Waals surface area contributed by atoms with Crippen molar-refractivity contribution in [3.05, 3.63) is 57.6 Å². The maximum atomic E-state index is 13.2. The lowest BCUT2D eigenvalue weighted by Crippen LogP contribution is -2.59. The van der Waals surface area contributed by atoms with E-state index in [-0.39, 0.29) is 33.4 Å². The molecule has 0 amide bonds. The summed E-state index contributed by atoms with van der Waals surface area (Å²) in [6.45, 7) is -0.637. The summed E-state index contributed by atoms with van der Waals surface area (Å²) in [6, 6.07) is 6.15. The van der Waals surface area contributed by atoms with Gasteiger partial charge in [-0.3, -0.25) is 9.59 Å². The van der Waals surface area contributed by atoms with Gasteiger partial charge in [-0.1, -0.05) is 24.3 Å². The monoisotopic (exact) mass is 472 g/mol. The second-order valence-electron chi connectivity index (χ2n) is 8.76. The molecule has 2 aromatic rings. The van der Waals surface area contributed by atoms with Crippen LogP contribution in [0.1, 0.15) is 61.9 Å². The van der Waals surface area contributed by atoms with Crippen LogP contribution in [0.2, 0.25) is 0 Å². The minimum absolute atomic E-state index is 0.0972. The molecule has 0 bridgehead atoms. The fourth-order valence-electron chi connectivity index (χ4n) is 5.07. The summed E-state index contributed by atoms with van der Waals surface area (Å²) in [5.74, 6) is -2.08. The van der Waals surface area contributed by atoms with Crippen molar-refractivity contribution in [3.8, 4) is 11.5 Å².